The molecule has 4 N–H and O–H groups in total. The SMILES string of the molecule is CCCCCOP(=O)(O)O.CCCCCOP(=O)(O)OCCCCC.CCCCCOP(=O)(OCCCCC)OCCCCC.CCCCOP(=O)(OCCCC)OCCCC.CCOP(=O)(O)OCC.CCOP(=O)(OCC)OCC. The molecule has 0 aliphatic rings. The number of hydrogen-bond donors (Lipinski definition) is 4. The van der Waals surface area contributed by atoms with Crippen molar-refractivity contribution in [2.75, 3.05) is 92.5 Å². The topological polar surface area (TPSA) is 313 Å². The van der Waals surface area contributed by atoms with E-state index in [1.165, 1.54) is 0 Å². The number of unbranched alkanes of at least 4 members (excludes halogenated alkanes) is 15. The summed E-state index contributed by atoms with van der Waals surface area (Å²) >= 11 is 0. The van der Waals surface area contributed by atoms with Crippen LogP contribution in [0.25, 0.3) is 0 Å². The number of phosphoric ester groups is 6. The lowest BCUT2D eigenvalue weighted by Crippen LogP contribution is -2.04. The summed E-state index contributed by atoms with van der Waals surface area (Å²) in [6.07, 6.45) is 23.3. The minimum Gasteiger partial charge on any atom is -0.303 e. The molecule has 0 heterocycles. The molecule has 0 aliphatic heterocycles. The molecule has 0 spiro atoms. The Hall–Kier alpha value is 0.660. The summed E-state index contributed by atoms with van der Waals surface area (Å²) in [6, 6.07) is 0. The van der Waals surface area contributed by atoms with Gasteiger partial charge in [0.1, 0.15) is 0 Å². The molecule has 30 heteroatoms. The molecule has 0 bridgehead atoms. The van der Waals surface area contributed by atoms with Gasteiger partial charge in [-0.25, -0.2) is 27.4 Å². The molecular weight excluding hydrogens is 1190 g/mol. The third-order valence-corrected chi connectivity index (χ3v) is 17.1. The molecule has 0 amide bonds. The average Bonchev–Trinajstić information content (AvgIpc) is 3.41. The highest BCUT2D eigenvalue weighted by molar-refractivity contribution is 7.49. The fraction of sp³-hybridized carbons (Fsp3) is 1.00. The van der Waals surface area contributed by atoms with Crippen LogP contribution < -0.4 is 0 Å². The first-order valence-corrected chi connectivity index (χ1v) is 39.3. The van der Waals surface area contributed by atoms with Crippen molar-refractivity contribution in [1.29, 1.82) is 0 Å². The highest BCUT2D eigenvalue weighted by atomic mass is 31.2. The lowest BCUT2D eigenvalue weighted by molar-refractivity contribution is 0.108. The van der Waals surface area contributed by atoms with Crippen LogP contribution in [0, 0.1) is 0 Å². The number of phosphoric acid groups is 6. The Morgan fingerprint density at radius 2 is 0.378 bits per heavy atom. The van der Waals surface area contributed by atoms with E-state index in [0.717, 1.165) is 148 Å². The summed E-state index contributed by atoms with van der Waals surface area (Å²) in [7, 11) is -21.5. The van der Waals surface area contributed by atoms with Gasteiger partial charge in [0.2, 0.25) is 0 Å². The summed E-state index contributed by atoms with van der Waals surface area (Å²) in [5.74, 6) is 0. The smallest absolute Gasteiger partial charge is 0.303 e. The minimum atomic E-state index is -4.21. The second-order valence-electron chi connectivity index (χ2n) is 17.7. The van der Waals surface area contributed by atoms with Crippen LogP contribution in [0.1, 0.15) is 251 Å². The molecule has 82 heavy (non-hydrogen) atoms. The van der Waals surface area contributed by atoms with Crippen molar-refractivity contribution in [2.24, 2.45) is 0 Å². The van der Waals surface area contributed by atoms with Crippen molar-refractivity contribution in [2.45, 2.75) is 251 Å². The van der Waals surface area contributed by atoms with E-state index in [4.69, 9.17) is 64.4 Å². The summed E-state index contributed by atoms with van der Waals surface area (Å²) in [5, 5.41) is 0. The van der Waals surface area contributed by atoms with E-state index >= 15 is 0 Å². The fourth-order valence-electron chi connectivity index (χ4n) is 5.36. The number of rotatable bonds is 52. The summed E-state index contributed by atoms with van der Waals surface area (Å²) in [4.78, 5) is 34.3. The van der Waals surface area contributed by atoms with E-state index in [1.54, 1.807) is 34.6 Å². The van der Waals surface area contributed by atoms with Crippen molar-refractivity contribution >= 4 is 46.9 Å². The maximum absolute atomic E-state index is 12.4. The molecule has 24 nitrogen and oxygen atoms in total. The normalized spacial score (nSPS) is 11.9. The number of hydrogen-bond acceptors (Lipinski definition) is 20. The molecular formula is C52H122O24P6. The standard InChI is InChI=1S/C15H33O4P.C12H27O4P.C10H23O4P.C6H15O4P.C5H13O4P.C4H11O4P/c1-4-7-10-13-17-20(16,18-14-11-8-5-2)19-15-12-9-6-3;1-4-7-10-14-17(13,15-11-8-5-2)16-12-9-6-3;1-3-5-7-9-13-15(11,12)14-10-8-6-4-2;1-4-8-11(7,9-5-2)10-6-3;1-2-3-4-5-9-10(6,7)8;1-3-7-9(5,6)8-4-2/h4-15H2,1-3H3;4-12H2,1-3H3;3-10H2,1-2H3,(H,11,12);4-6H2,1-3H3;2-5H2,1H3,(H2,6,7,8);3-4H2,1-2H3,(H,5,6). The van der Waals surface area contributed by atoms with Gasteiger partial charge in [-0.2, -0.15) is 0 Å². The van der Waals surface area contributed by atoms with E-state index in [2.05, 4.69) is 69.0 Å². The molecule has 0 aromatic rings. The summed E-state index contributed by atoms with van der Waals surface area (Å²) in [5.41, 5.74) is 0. The van der Waals surface area contributed by atoms with Gasteiger partial charge in [0.15, 0.2) is 0 Å². The van der Waals surface area contributed by atoms with Crippen molar-refractivity contribution in [3.8, 4) is 0 Å². The first kappa shape index (κ1) is 93.8. The zero-order valence-electron chi connectivity index (χ0n) is 53.5. The molecule has 0 rings (SSSR count). The van der Waals surface area contributed by atoms with Crippen molar-refractivity contribution < 1.29 is 110 Å². The van der Waals surface area contributed by atoms with E-state index < -0.39 is 46.9 Å². The molecule has 0 fully saturated rings. The molecule has 0 aliphatic carbocycles. The van der Waals surface area contributed by atoms with Crippen LogP contribution >= 0.6 is 46.9 Å². The van der Waals surface area contributed by atoms with Gasteiger partial charge in [-0.15, -0.1) is 0 Å². The monoisotopic (exact) mass is 1320 g/mol. The highest BCUT2D eigenvalue weighted by Crippen LogP contribution is 2.51. The molecule has 0 saturated carbocycles. The van der Waals surface area contributed by atoms with E-state index in [1.807, 2.05) is 6.92 Å². The van der Waals surface area contributed by atoms with E-state index in [9.17, 15) is 32.3 Å². The quantitative estimate of drug-likeness (QED) is 0.0325. The zero-order valence-corrected chi connectivity index (χ0v) is 58.9. The first-order valence-electron chi connectivity index (χ1n) is 30.4. The van der Waals surface area contributed by atoms with Gasteiger partial charge in [-0.3, -0.25) is 63.3 Å². The Bertz CT molecular complexity index is 1460. The van der Waals surface area contributed by atoms with Crippen LogP contribution in [-0.2, 0) is 90.7 Å². The predicted octanol–water partition coefficient (Wildman–Crippen LogP) is 18.4. The molecule has 0 atom stereocenters. The molecule has 504 valence electrons. The average molecular weight is 1320 g/mol. The van der Waals surface area contributed by atoms with Crippen molar-refractivity contribution in [3.63, 3.8) is 0 Å². The molecule has 0 aromatic heterocycles. The summed E-state index contributed by atoms with van der Waals surface area (Å²) in [6.45, 7) is 32.0. The van der Waals surface area contributed by atoms with E-state index in [0.29, 0.717) is 79.1 Å². The Morgan fingerprint density at radius 3 is 0.573 bits per heavy atom. The van der Waals surface area contributed by atoms with Gasteiger partial charge in [0.05, 0.1) is 92.5 Å². The van der Waals surface area contributed by atoms with Crippen LogP contribution in [0.15, 0.2) is 0 Å². The summed E-state index contributed by atoms with van der Waals surface area (Å²) < 4.78 is 137. The Balaban J connectivity index is -0.000000216. The molecule has 0 radical (unpaired) electrons. The maximum atomic E-state index is 12.4. The van der Waals surface area contributed by atoms with Gasteiger partial charge in [0, 0.05) is 0 Å². The van der Waals surface area contributed by atoms with Crippen molar-refractivity contribution in [3.05, 3.63) is 0 Å². The Labute approximate surface area is 498 Å². The third kappa shape index (κ3) is 78.7. The van der Waals surface area contributed by atoms with Gasteiger partial charge in [0.25, 0.3) is 0 Å². The van der Waals surface area contributed by atoms with Crippen LogP contribution in [0.2, 0.25) is 0 Å². The van der Waals surface area contributed by atoms with Gasteiger partial charge >= 0.3 is 46.9 Å². The van der Waals surface area contributed by atoms with Gasteiger partial charge in [-0.05, 0) is 92.4 Å². The minimum absolute atomic E-state index is 0.151. The Kier molecular flexibility index (Phi) is 77.3. The molecule has 0 unspecified atom stereocenters. The first-order chi connectivity index (χ1) is 38.8. The highest BCUT2D eigenvalue weighted by Gasteiger charge is 2.28. The lowest BCUT2D eigenvalue weighted by Gasteiger charge is -2.18. The lowest BCUT2D eigenvalue weighted by atomic mass is 10.3. The van der Waals surface area contributed by atoms with Crippen LogP contribution in [0.4, 0.5) is 0 Å². The van der Waals surface area contributed by atoms with Gasteiger partial charge < -0.3 is 19.6 Å². The van der Waals surface area contributed by atoms with Crippen molar-refractivity contribution in [1.82, 2.24) is 0 Å². The van der Waals surface area contributed by atoms with Gasteiger partial charge in [-0.1, -0.05) is 159 Å². The zero-order chi connectivity index (χ0) is 63.8. The second-order valence-corrected chi connectivity index (χ2v) is 26.8. The third-order valence-electron chi connectivity index (χ3n) is 9.69. The van der Waals surface area contributed by atoms with Crippen LogP contribution in [0.3, 0.4) is 0 Å². The van der Waals surface area contributed by atoms with Crippen LogP contribution in [-0.4, -0.2) is 112 Å². The predicted molar refractivity (Wildman–Crippen MR) is 328 cm³/mol. The molecule has 0 saturated heterocycles. The second kappa shape index (κ2) is 67.6. The largest absolute Gasteiger partial charge is 0.474 e. The van der Waals surface area contributed by atoms with E-state index in [-0.39, 0.29) is 19.8 Å². The fourth-order valence-corrected chi connectivity index (χ4v) is 11.0. The maximum Gasteiger partial charge on any atom is 0.474 e. The molecule has 0 aromatic carbocycles. The Morgan fingerprint density at radius 1 is 0.207 bits per heavy atom. The van der Waals surface area contributed by atoms with Crippen LogP contribution in [0.5, 0.6) is 0 Å².